The average molecular weight is 310 g/mol. The highest BCUT2D eigenvalue weighted by Gasteiger charge is 2.30. The first-order valence-electron chi connectivity index (χ1n) is 7.39. The number of carbonyl (C=O) groups excluding carboxylic acids is 1. The molecule has 0 saturated heterocycles. The summed E-state index contributed by atoms with van der Waals surface area (Å²) >= 11 is 0. The maximum absolute atomic E-state index is 11.9. The minimum Gasteiger partial charge on any atom is -0.490 e. The summed E-state index contributed by atoms with van der Waals surface area (Å²) in [4.78, 5) is 11.9. The third-order valence-corrected chi connectivity index (χ3v) is 5.62. The fraction of sp³-hybridized carbons (Fsp3) is 0.562. The van der Waals surface area contributed by atoms with Crippen LogP contribution in [0.2, 0.25) is 0 Å². The molecule has 0 aliphatic heterocycles. The number of ether oxygens (including phenoxy) is 1. The molecule has 0 spiro atoms. The summed E-state index contributed by atoms with van der Waals surface area (Å²) in [7, 11) is -3.03. The van der Waals surface area contributed by atoms with E-state index in [1.165, 1.54) is 6.26 Å². The van der Waals surface area contributed by atoms with Gasteiger partial charge in [-0.1, -0.05) is 19.1 Å². The molecule has 1 aromatic rings. The van der Waals surface area contributed by atoms with Crippen molar-refractivity contribution in [2.75, 3.05) is 6.26 Å². The van der Waals surface area contributed by atoms with E-state index in [9.17, 15) is 13.2 Å². The highest BCUT2D eigenvalue weighted by Crippen LogP contribution is 2.29. The van der Waals surface area contributed by atoms with Crippen molar-refractivity contribution in [1.82, 2.24) is 0 Å². The molecule has 2 atom stereocenters. The van der Waals surface area contributed by atoms with Gasteiger partial charge in [-0.3, -0.25) is 4.79 Å². The third-order valence-electron chi connectivity index (χ3n) is 3.99. The lowest BCUT2D eigenvalue weighted by Gasteiger charge is -2.29. The zero-order valence-corrected chi connectivity index (χ0v) is 13.4. The molecule has 1 fully saturated rings. The summed E-state index contributed by atoms with van der Waals surface area (Å²) < 4.78 is 29.3. The minimum absolute atomic E-state index is 0.0427. The van der Waals surface area contributed by atoms with Crippen LogP contribution >= 0.6 is 0 Å². The molecular weight excluding hydrogens is 288 g/mol. The number of ketones is 1. The largest absolute Gasteiger partial charge is 0.490 e. The van der Waals surface area contributed by atoms with Crippen LogP contribution in [0.3, 0.4) is 0 Å². The van der Waals surface area contributed by atoms with Crippen molar-refractivity contribution in [1.29, 1.82) is 0 Å². The molecule has 21 heavy (non-hydrogen) atoms. The average Bonchev–Trinajstić information content (AvgIpc) is 2.46. The summed E-state index contributed by atoms with van der Waals surface area (Å²) in [5, 5.41) is -0.328. The van der Waals surface area contributed by atoms with Crippen molar-refractivity contribution < 1.29 is 17.9 Å². The standard InChI is InChI=1S/C16H22O4S/c1-3-15(17)14-9-4-5-10-16(14)20-12-7-6-8-13(11-12)21(2,18)19/h4-5,9-10,12-13H,3,6-8,11H2,1-2H3. The first-order valence-corrected chi connectivity index (χ1v) is 9.35. The van der Waals surface area contributed by atoms with Gasteiger partial charge in [-0.15, -0.1) is 0 Å². The van der Waals surface area contributed by atoms with Crippen LogP contribution in [0.5, 0.6) is 5.75 Å². The second-order valence-electron chi connectivity index (χ2n) is 5.63. The van der Waals surface area contributed by atoms with Gasteiger partial charge in [0.2, 0.25) is 0 Å². The van der Waals surface area contributed by atoms with E-state index in [0.29, 0.717) is 30.6 Å². The van der Waals surface area contributed by atoms with Crippen LogP contribution in [0.1, 0.15) is 49.4 Å². The maximum atomic E-state index is 11.9. The fourth-order valence-corrected chi connectivity index (χ4v) is 3.93. The van der Waals surface area contributed by atoms with E-state index in [2.05, 4.69) is 0 Å². The van der Waals surface area contributed by atoms with Crippen LogP contribution in [0.4, 0.5) is 0 Å². The molecule has 4 nitrogen and oxygen atoms in total. The second-order valence-corrected chi connectivity index (χ2v) is 7.96. The number of rotatable bonds is 5. The van der Waals surface area contributed by atoms with Crippen LogP contribution in [0.25, 0.3) is 0 Å². The molecule has 1 saturated carbocycles. The van der Waals surface area contributed by atoms with Gasteiger partial charge in [0.05, 0.1) is 16.9 Å². The smallest absolute Gasteiger partial charge is 0.166 e. The van der Waals surface area contributed by atoms with Crippen molar-refractivity contribution in [3.8, 4) is 5.75 Å². The molecule has 0 heterocycles. The zero-order valence-electron chi connectivity index (χ0n) is 12.5. The number of hydrogen-bond donors (Lipinski definition) is 0. The Kier molecular flexibility index (Phi) is 5.04. The van der Waals surface area contributed by atoms with Gasteiger partial charge in [-0.2, -0.15) is 0 Å². The highest BCUT2D eigenvalue weighted by molar-refractivity contribution is 7.91. The summed E-state index contributed by atoms with van der Waals surface area (Å²) in [6.07, 6.45) is 4.46. The van der Waals surface area contributed by atoms with Gasteiger partial charge < -0.3 is 4.74 Å². The van der Waals surface area contributed by atoms with Gasteiger partial charge in [0.25, 0.3) is 0 Å². The van der Waals surface area contributed by atoms with E-state index >= 15 is 0 Å². The lowest BCUT2D eigenvalue weighted by molar-refractivity contribution is 0.0976. The molecule has 2 rings (SSSR count). The van der Waals surface area contributed by atoms with Crippen molar-refractivity contribution >= 4 is 15.6 Å². The van der Waals surface area contributed by atoms with Gasteiger partial charge in [0.1, 0.15) is 15.6 Å². The predicted octanol–water partition coefficient (Wildman–Crippen LogP) is 3.01. The van der Waals surface area contributed by atoms with Crippen LogP contribution in [-0.4, -0.2) is 31.8 Å². The normalized spacial score (nSPS) is 22.8. The minimum atomic E-state index is -3.03. The molecule has 1 aliphatic rings. The number of carbonyl (C=O) groups is 1. The number of para-hydroxylation sites is 1. The van der Waals surface area contributed by atoms with Gasteiger partial charge in [-0.05, 0) is 31.4 Å². The molecule has 1 aliphatic carbocycles. The second kappa shape index (κ2) is 6.60. The molecule has 5 heteroatoms. The molecule has 0 aromatic heterocycles. The summed E-state index contributed by atoms with van der Waals surface area (Å²) in [6.45, 7) is 1.82. The summed E-state index contributed by atoms with van der Waals surface area (Å²) in [5.41, 5.74) is 0.585. The van der Waals surface area contributed by atoms with Crippen molar-refractivity contribution in [2.24, 2.45) is 0 Å². The van der Waals surface area contributed by atoms with Crippen LogP contribution in [-0.2, 0) is 9.84 Å². The maximum Gasteiger partial charge on any atom is 0.166 e. The molecule has 1 aromatic carbocycles. The Hall–Kier alpha value is -1.36. The Bertz CT molecular complexity index is 606. The predicted molar refractivity (Wildman–Crippen MR) is 82.6 cm³/mol. The quantitative estimate of drug-likeness (QED) is 0.784. The molecule has 0 radical (unpaired) electrons. The van der Waals surface area contributed by atoms with Crippen molar-refractivity contribution in [2.45, 2.75) is 50.4 Å². The summed E-state index contributed by atoms with van der Waals surface area (Å²) in [5.74, 6) is 0.615. The first kappa shape index (κ1) is 16.0. The Labute approximate surface area is 126 Å². The Morgan fingerprint density at radius 1 is 1.29 bits per heavy atom. The SMILES string of the molecule is CCC(=O)c1ccccc1OC1CCCC(S(C)(=O)=O)C1. The van der Waals surface area contributed by atoms with Crippen LogP contribution in [0.15, 0.2) is 24.3 Å². The number of benzene rings is 1. The third kappa shape index (κ3) is 4.06. The zero-order chi connectivity index (χ0) is 15.5. The number of sulfone groups is 1. The summed E-state index contributed by atoms with van der Waals surface area (Å²) in [6, 6.07) is 7.19. The Morgan fingerprint density at radius 3 is 2.67 bits per heavy atom. The highest BCUT2D eigenvalue weighted by atomic mass is 32.2. The van der Waals surface area contributed by atoms with E-state index in [4.69, 9.17) is 4.74 Å². The van der Waals surface area contributed by atoms with E-state index < -0.39 is 9.84 Å². The molecule has 2 unspecified atom stereocenters. The molecule has 0 bridgehead atoms. The van der Waals surface area contributed by atoms with Gasteiger partial charge in [0.15, 0.2) is 5.78 Å². The van der Waals surface area contributed by atoms with Gasteiger partial charge >= 0.3 is 0 Å². The Morgan fingerprint density at radius 2 is 2.00 bits per heavy atom. The van der Waals surface area contributed by atoms with Crippen LogP contribution < -0.4 is 4.74 Å². The molecule has 116 valence electrons. The van der Waals surface area contributed by atoms with E-state index in [1.807, 2.05) is 19.1 Å². The van der Waals surface area contributed by atoms with E-state index in [1.54, 1.807) is 12.1 Å². The molecule has 0 N–H and O–H groups in total. The van der Waals surface area contributed by atoms with Crippen LogP contribution in [0, 0.1) is 0 Å². The molecule has 0 amide bonds. The monoisotopic (exact) mass is 310 g/mol. The lowest BCUT2D eigenvalue weighted by atomic mass is 9.97. The van der Waals surface area contributed by atoms with Crippen molar-refractivity contribution in [3.05, 3.63) is 29.8 Å². The van der Waals surface area contributed by atoms with Gasteiger partial charge in [-0.25, -0.2) is 8.42 Å². The Balaban J connectivity index is 2.13. The topological polar surface area (TPSA) is 60.4 Å². The molecular formula is C16H22O4S. The lowest BCUT2D eigenvalue weighted by Crippen LogP contribution is -2.33. The first-order chi connectivity index (χ1) is 9.91. The number of hydrogen-bond acceptors (Lipinski definition) is 4. The van der Waals surface area contributed by atoms with Crippen molar-refractivity contribution in [3.63, 3.8) is 0 Å². The fourth-order valence-electron chi connectivity index (χ4n) is 2.77. The number of Topliss-reactive ketones (excluding diaryl/α,β-unsaturated/α-hetero) is 1. The van der Waals surface area contributed by atoms with Gasteiger partial charge in [0, 0.05) is 19.1 Å². The van der Waals surface area contributed by atoms with E-state index in [-0.39, 0.29) is 17.1 Å². The van der Waals surface area contributed by atoms with E-state index in [0.717, 1.165) is 12.8 Å².